The molecule has 4 aromatic rings. The SMILES string of the molecule is Cc1cc2cc(Nc3ccnc(Cc4cccc(F)c4)n3)ccc2[nH]1. The Morgan fingerprint density at radius 2 is 2.00 bits per heavy atom. The van der Waals surface area contributed by atoms with E-state index in [1.54, 1.807) is 12.3 Å². The van der Waals surface area contributed by atoms with Crippen molar-refractivity contribution in [3.8, 4) is 0 Å². The molecular weight excluding hydrogens is 315 g/mol. The van der Waals surface area contributed by atoms with E-state index in [1.807, 2.05) is 31.2 Å². The van der Waals surface area contributed by atoms with Crippen molar-refractivity contribution in [3.63, 3.8) is 0 Å². The summed E-state index contributed by atoms with van der Waals surface area (Å²) >= 11 is 0. The number of fused-ring (bicyclic) bond motifs is 1. The summed E-state index contributed by atoms with van der Waals surface area (Å²) in [5, 5.41) is 4.45. The third-order valence-electron chi connectivity index (χ3n) is 3.98. The van der Waals surface area contributed by atoms with E-state index in [-0.39, 0.29) is 5.82 Å². The zero-order chi connectivity index (χ0) is 17.2. The number of hydrogen-bond acceptors (Lipinski definition) is 3. The Morgan fingerprint density at radius 1 is 1.08 bits per heavy atom. The van der Waals surface area contributed by atoms with Crippen molar-refractivity contribution in [3.05, 3.63) is 83.7 Å². The lowest BCUT2D eigenvalue weighted by Gasteiger charge is -2.07. The van der Waals surface area contributed by atoms with Crippen LogP contribution >= 0.6 is 0 Å². The van der Waals surface area contributed by atoms with Crippen molar-refractivity contribution in [2.24, 2.45) is 0 Å². The van der Waals surface area contributed by atoms with Crippen molar-refractivity contribution >= 4 is 22.4 Å². The molecule has 0 aliphatic carbocycles. The van der Waals surface area contributed by atoms with Crippen LogP contribution in [0.4, 0.5) is 15.9 Å². The van der Waals surface area contributed by atoms with Gasteiger partial charge in [0.25, 0.3) is 0 Å². The first-order chi connectivity index (χ1) is 12.2. The van der Waals surface area contributed by atoms with Gasteiger partial charge in [-0.2, -0.15) is 0 Å². The average Bonchev–Trinajstić information content (AvgIpc) is 2.94. The van der Waals surface area contributed by atoms with Crippen LogP contribution < -0.4 is 5.32 Å². The molecule has 0 atom stereocenters. The fourth-order valence-corrected chi connectivity index (χ4v) is 2.89. The lowest BCUT2D eigenvalue weighted by molar-refractivity contribution is 0.626. The van der Waals surface area contributed by atoms with Gasteiger partial charge >= 0.3 is 0 Å². The van der Waals surface area contributed by atoms with E-state index in [2.05, 4.69) is 32.4 Å². The minimum absolute atomic E-state index is 0.248. The Hall–Kier alpha value is -3.21. The molecule has 124 valence electrons. The quantitative estimate of drug-likeness (QED) is 0.567. The summed E-state index contributed by atoms with van der Waals surface area (Å²) < 4.78 is 13.3. The van der Waals surface area contributed by atoms with Crippen molar-refractivity contribution < 1.29 is 4.39 Å². The number of nitrogens with zero attached hydrogens (tertiary/aromatic N) is 2. The Bertz CT molecular complexity index is 1040. The van der Waals surface area contributed by atoms with Gasteiger partial charge in [0.05, 0.1) is 0 Å². The van der Waals surface area contributed by atoms with Gasteiger partial charge in [0, 0.05) is 34.9 Å². The number of rotatable bonds is 4. The van der Waals surface area contributed by atoms with Crippen LogP contribution in [0.15, 0.2) is 60.8 Å². The van der Waals surface area contributed by atoms with Crippen molar-refractivity contribution in [2.45, 2.75) is 13.3 Å². The first-order valence-corrected chi connectivity index (χ1v) is 8.08. The van der Waals surface area contributed by atoms with Crippen LogP contribution in [0.5, 0.6) is 0 Å². The largest absolute Gasteiger partial charge is 0.359 e. The summed E-state index contributed by atoms with van der Waals surface area (Å²) in [5.41, 5.74) is 4.05. The van der Waals surface area contributed by atoms with E-state index in [0.29, 0.717) is 18.1 Å². The van der Waals surface area contributed by atoms with Gasteiger partial charge in [0.1, 0.15) is 17.5 Å². The molecule has 2 aromatic carbocycles. The molecule has 2 N–H and O–H groups in total. The van der Waals surface area contributed by atoms with Crippen LogP contribution in [0.2, 0.25) is 0 Å². The molecule has 4 rings (SSSR count). The second-order valence-corrected chi connectivity index (χ2v) is 6.04. The molecule has 25 heavy (non-hydrogen) atoms. The highest BCUT2D eigenvalue weighted by Crippen LogP contribution is 2.22. The number of anilines is 2. The van der Waals surface area contributed by atoms with Crippen LogP contribution in [0, 0.1) is 12.7 Å². The fraction of sp³-hybridized carbons (Fsp3) is 0.100. The summed E-state index contributed by atoms with van der Waals surface area (Å²) in [5.74, 6) is 1.11. The van der Waals surface area contributed by atoms with Gasteiger partial charge in [-0.25, -0.2) is 14.4 Å². The van der Waals surface area contributed by atoms with Gasteiger partial charge < -0.3 is 10.3 Å². The van der Waals surface area contributed by atoms with E-state index >= 15 is 0 Å². The van der Waals surface area contributed by atoms with Crippen LogP contribution in [0.3, 0.4) is 0 Å². The molecule has 0 saturated heterocycles. The third-order valence-corrected chi connectivity index (χ3v) is 3.98. The molecule has 5 heteroatoms. The molecule has 4 nitrogen and oxygen atoms in total. The maximum Gasteiger partial charge on any atom is 0.135 e. The number of halogens is 1. The topological polar surface area (TPSA) is 53.6 Å². The van der Waals surface area contributed by atoms with E-state index in [0.717, 1.165) is 27.8 Å². The smallest absolute Gasteiger partial charge is 0.135 e. The van der Waals surface area contributed by atoms with Gasteiger partial charge in [0.15, 0.2) is 0 Å². The second kappa shape index (κ2) is 6.36. The molecule has 0 aliphatic rings. The molecule has 0 fully saturated rings. The second-order valence-electron chi connectivity index (χ2n) is 6.04. The number of aromatic amines is 1. The highest BCUT2D eigenvalue weighted by atomic mass is 19.1. The first-order valence-electron chi connectivity index (χ1n) is 8.08. The molecule has 0 unspecified atom stereocenters. The van der Waals surface area contributed by atoms with Gasteiger partial charge in [-0.15, -0.1) is 0 Å². The number of aromatic nitrogens is 3. The van der Waals surface area contributed by atoms with E-state index in [1.165, 1.54) is 12.1 Å². The minimum atomic E-state index is -0.248. The number of nitrogens with one attached hydrogen (secondary N) is 2. The van der Waals surface area contributed by atoms with Crippen molar-refractivity contribution in [1.29, 1.82) is 0 Å². The summed E-state index contributed by atoms with van der Waals surface area (Å²) in [6.07, 6.45) is 2.20. The molecule has 0 aliphatic heterocycles. The first kappa shape index (κ1) is 15.3. The molecule has 2 aromatic heterocycles. The number of aryl methyl sites for hydroxylation is 1. The molecule has 0 radical (unpaired) electrons. The fourth-order valence-electron chi connectivity index (χ4n) is 2.89. The third kappa shape index (κ3) is 3.50. The van der Waals surface area contributed by atoms with Gasteiger partial charge in [-0.3, -0.25) is 0 Å². The van der Waals surface area contributed by atoms with Crippen LogP contribution in [-0.2, 0) is 6.42 Å². The normalized spacial score (nSPS) is 11.0. The zero-order valence-corrected chi connectivity index (χ0v) is 13.8. The minimum Gasteiger partial charge on any atom is -0.359 e. The lowest BCUT2D eigenvalue weighted by atomic mass is 10.1. The maximum atomic E-state index is 13.3. The number of benzene rings is 2. The predicted molar refractivity (Wildman–Crippen MR) is 97.6 cm³/mol. The highest BCUT2D eigenvalue weighted by molar-refractivity contribution is 5.84. The maximum absolute atomic E-state index is 13.3. The molecule has 0 bridgehead atoms. The molecular formula is C20H17FN4. The highest BCUT2D eigenvalue weighted by Gasteiger charge is 2.04. The van der Waals surface area contributed by atoms with Crippen molar-refractivity contribution in [1.82, 2.24) is 15.0 Å². The van der Waals surface area contributed by atoms with Gasteiger partial charge in [-0.1, -0.05) is 12.1 Å². The van der Waals surface area contributed by atoms with E-state index in [4.69, 9.17) is 0 Å². The van der Waals surface area contributed by atoms with E-state index < -0.39 is 0 Å². The molecule has 2 heterocycles. The molecule has 0 amide bonds. The molecule has 0 saturated carbocycles. The Labute approximate surface area is 144 Å². The number of H-pyrrole nitrogens is 1. The Balaban J connectivity index is 1.55. The van der Waals surface area contributed by atoms with Gasteiger partial charge in [0.2, 0.25) is 0 Å². The predicted octanol–water partition coefficient (Wildman–Crippen LogP) is 4.74. The summed E-state index contributed by atoms with van der Waals surface area (Å²) in [7, 11) is 0. The number of hydrogen-bond donors (Lipinski definition) is 2. The lowest BCUT2D eigenvalue weighted by Crippen LogP contribution is -2.00. The summed E-state index contributed by atoms with van der Waals surface area (Å²) in [6.45, 7) is 2.04. The Morgan fingerprint density at radius 3 is 2.88 bits per heavy atom. The summed E-state index contributed by atoms with van der Waals surface area (Å²) in [4.78, 5) is 12.1. The summed E-state index contributed by atoms with van der Waals surface area (Å²) in [6, 6.07) is 16.6. The average molecular weight is 332 g/mol. The van der Waals surface area contributed by atoms with E-state index in [9.17, 15) is 4.39 Å². The van der Waals surface area contributed by atoms with Crippen LogP contribution in [0.25, 0.3) is 10.9 Å². The van der Waals surface area contributed by atoms with Crippen molar-refractivity contribution in [2.75, 3.05) is 5.32 Å². The van der Waals surface area contributed by atoms with Crippen LogP contribution in [0.1, 0.15) is 17.1 Å². The monoisotopic (exact) mass is 332 g/mol. The van der Waals surface area contributed by atoms with Gasteiger partial charge in [-0.05, 0) is 55.0 Å². The standard InChI is InChI=1S/C20H17FN4/c1-13-9-15-12-17(5-6-18(15)23-13)24-19-7-8-22-20(25-19)11-14-3-2-4-16(21)10-14/h2-10,12,23H,11H2,1H3,(H,22,24,25). The molecule has 0 spiro atoms. The zero-order valence-electron chi connectivity index (χ0n) is 13.8. The Kier molecular flexibility index (Phi) is 3.90. The van der Waals surface area contributed by atoms with Crippen LogP contribution in [-0.4, -0.2) is 15.0 Å².